The van der Waals surface area contributed by atoms with Crippen molar-refractivity contribution in [2.75, 3.05) is 26.2 Å². The van der Waals surface area contributed by atoms with Crippen LogP contribution in [0.15, 0.2) is 24.5 Å². The summed E-state index contributed by atoms with van der Waals surface area (Å²) in [5, 5.41) is 2.58. The molecule has 142 valence electrons. The maximum absolute atomic E-state index is 12.4. The minimum Gasteiger partial charge on any atom is -0.332 e. The van der Waals surface area contributed by atoms with Gasteiger partial charge in [0, 0.05) is 32.0 Å². The number of amides is 3. The summed E-state index contributed by atoms with van der Waals surface area (Å²) in [4.78, 5) is 30.8. The molecule has 2 aliphatic heterocycles. The van der Waals surface area contributed by atoms with E-state index < -0.39 is 24.7 Å². The molecule has 0 radical (unpaired) electrons. The van der Waals surface area contributed by atoms with E-state index in [9.17, 15) is 22.8 Å². The van der Waals surface area contributed by atoms with Gasteiger partial charge in [0.25, 0.3) is 0 Å². The topological polar surface area (TPSA) is 65.5 Å². The van der Waals surface area contributed by atoms with E-state index >= 15 is 0 Å². The number of rotatable bonds is 3. The molecule has 0 saturated carbocycles. The molecule has 2 saturated heterocycles. The number of hydrogen-bond donors (Lipinski definition) is 1. The third-order valence-electron chi connectivity index (χ3n) is 4.90. The normalized spacial score (nSPS) is 22.0. The Balaban J connectivity index is 1.48. The largest absolute Gasteiger partial charge is 0.406 e. The maximum Gasteiger partial charge on any atom is 0.406 e. The van der Waals surface area contributed by atoms with Crippen LogP contribution in [0.3, 0.4) is 0 Å². The number of nitrogens with zero attached hydrogens (tertiary/aromatic N) is 3. The molecule has 3 rings (SSSR count). The lowest BCUT2D eigenvalue weighted by Crippen LogP contribution is -2.50. The second kappa shape index (κ2) is 7.51. The smallest absolute Gasteiger partial charge is 0.332 e. The van der Waals surface area contributed by atoms with E-state index in [4.69, 9.17) is 0 Å². The lowest BCUT2D eigenvalue weighted by molar-refractivity contribution is -0.157. The second-order valence-electron chi connectivity index (χ2n) is 6.71. The fraction of sp³-hybridized carbons (Fsp3) is 0.588. The Hall–Kier alpha value is -2.32. The van der Waals surface area contributed by atoms with Gasteiger partial charge >= 0.3 is 12.2 Å². The molecule has 0 aromatic carbocycles. The monoisotopic (exact) mass is 370 g/mol. The zero-order valence-corrected chi connectivity index (χ0v) is 14.2. The van der Waals surface area contributed by atoms with Crippen molar-refractivity contribution in [3.63, 3.8) is 0 Å². The minimum absolute atomic E-state index is 0.00632. The Labute approximate surface area is 149 Å². The highest BCUT2D eigenvalue weighted by atomic mass is 19.4. The predicted octanol–water partition coefficient (Wildman–Crippen LogP) is 2.13. The van der Waals surface area contributed by atoms with Crippen molar-refractivity contribution in [1.29, 1.82) is 0 Å². The van der Waals surface area contributed by atoms with Crippen LogP contribution in [0.25, 0.3) is 0 Å². The minimum atomic E-state index is -4.43. The molecule has 2 aliphatic rings. The fourth-order valence-corrected chi connectivity index (χ4v) is 3.52. The van der Waals surface area contributed by atoms with Crippen LogP contribution in [0.4, 0.5) is 18.0 Å². The van der Waals surface area contributed by atoms with Gasteiger partial charge in [-0.15, -0.1) is 0 Å². The zero-order valence-electron chi connectivity index (χ0n) is 14.2. The van der Waals surface area contributed by atoms with Gasteiger partial charge in [-0.05, 0) is 36.8 Å². The number of likely N-dealkylation sites (tertiary alicyclic amines) is 2. The van der Waals surface area contributed by atoms with Crippen LogP contribution in [0.5, 0.6) is 0 Å². The van der Waals surface area contributed by atoms with Gasteiger partial charge in [-0.2, -0.15) is 13.2 Å². The van der Waals surface area contributed by atoms with Crippen LogP contribution in [0, 0.1) is 0 Å². The number of halogens is 3. The standard InChI is InChI=1S/C17H21F3N4O2/c18-17(19,20)11-24-9-5-14(15(24)25)22-16(26)23-7-3-12(4-8-23)13-2-1-6-21-10-13/h1-2,6,10,12,14H,3-5,7-9,11H2,(H,22,26). The Morgan fingerprint density at radius 1 is 1.23 bits per heavy atom. The van der Waals surface area contributed by atoms with Crippen molar-refractivity contribution in [2.45, 2.75) is 37.4 Å². The number of urea groups is 1. The first-order chi connectivity index (χ1) is 12.3. The SMILES string of the molecule is O=C(NC1CCN(CC(F)(F)F)C1=O)N1CCC(c2cccnc2)CC1. The van der Waals surface area contributed by atoms with E-state index in [0.717, 1.165) is 23.3 Å². The van der Waals surface area contributed by atoms with E-state index in [1.807, 2.05) is 18.3 Å². The fourth-order valence-electron chi connectivity index (χ4n) is 3.52. The van der Waals surface area contributed by atoms with Crippen molar-refractivity contribution >= 4 is 11.9 Å². The van der Waals surface area contributed by atoms with E-state index in [1.165, 1.54) is 0 Å². The van der Waals surface area contributed by atoms with Gasteiger partial charge in [-0.25, -0.2) is 4.79 Å². The number of carbonyl (C=O) groups excluding carboxylic acids is 2. The summed E-state index contributed by atoms with van der Waals surface area (Å²) in [6.45, 7) is -0.182. The van der Waals surface area contributed by atoms with E-state index in [-0.39, 0.29) is 19.0 Å². The summed E-state index contributed by atoms with van der Waals surface area (Å²) in [7, 11) is 0. The molecular formula is C17H21F3N4O2. The highest BCUT2D eigenvalue weighted by molar-refractivity contribution is 5.88. The third kappa shape index (κ3) is 4.44. The average Bonchev–Trinajstić information content (AvgIpc) is 2.94. The van der Waals surface area contributed by atoms with Crippen LogP contribution in [0.2, 0.25) is 0 Å². The van der Waals surface area contributed by atoms with E-state index in [1.54, 1.807) is 11.1 Å². The molecule has 0 bridgehead atoms. The lowest BCUT2D eigenvalue weighted by atomic mass is 9.91. The summed E-state index contributed by atoms with van der Waals surface area (Å²) in [6.07, 6.45) is 0.894. The summed E-state index contributed by atoms with van der Waals surface area (Å²) >= 11 is 0. The predicted molar refractivity (Wildman–Crippen MR) is 87.4 cm³/mol. The molecule has 1 N–H and O–H groups in total. The molecule has 3 heterocycles. The van der Waals surface area contributed by atoms with Gasteiger partial charge in [0.2, 0.25) is 5.91 Å². The van der Waals surface area contributed by atoms with Gasteiger partial charge in [0.1, 0.15) is 12.6 Å². The zero-order chi connectivity index (χ0) is 18.7. The Kier molecular flexibility index (Phi) is 5.33. The molecule has 1 atom stereocenters. The van der Waals surface area contributed by atoms with Crippen LogP contribution < -0.4 is 5.32 Å². The van der Waals surface area contributed by atoms with Gasteiger partial charge in [0.15, 0.2) is 0 Å². The van der Waals surface area contributed by atoms with Crippen LogP contribution >= 0.6 is 0 Å². The van der Waals surface area contributed by atoms with Crippen LogP contribution in [-0.4, -0.2) is 65.1 Å². The molecule has 6 nitrogen and oxygen atoms in total. The molecular weight excluding hydrogens is 349 g/mol. The number of piperidine rings is 1. The quantitative estimate of drug-likeness (QED) is 0.887. The summed E-state index contributed by atoms with van der Waals surface area (Å²) < 4.78 is 37.3. The summed E-state index contributed by atoms with van der Waals surface area (Å²) in [6, 6.07) is 2.63. The first kappa shape index (κ1) is 18.5. The average molecular weight is 370 g/mol. The van der Waals surface area contributed by atoms with Crippen molar-refractivity contribution < 1.29 is 22.8 Å². The van der Waals surface area contributed by atoms with E-state index in [0.29, 0.717) is 19.0 Å². The molecule has 3 amide bonds. The Morgan fingerprint density at radius 3 is 2.58 bits per heavy atom. The molecule has 0 spiro atoms. The molecule has 9 heteroatoms. The van der Waals surface area contributed by atoms with Crippen molar-refractivity contribution in [2.24, 2.45) is 0 Å². The first-order valence-electron chi connectivity index (χ1n) is 8.64. The summed E-state index contributed by atoms with van der Waals surface area (Å²) in [5.41, 5.74) is 1.14. The Morgan fingerprint density at radius 2 is 1.96 bits per heavy atom. The maximum atomic E-state index is 12.4. The number of aromatic nitrogens is 1. The number of alkyl halides is 3. The molecule has 1 aromatic rings. The van der Waals surface area contributed by atoms with Crippen LogP contribution in [-0.2, 0) is 4.79 Å². The van der Waals surface area contributed by atoms with Crippen molar-refractivity contribution in [3.8, 4) is 0 Å². The van der Waals surface area contributed by atoms with Crippen LogP contribution in [0.1, 0.15) is 30.7 Å². The van der Waals surface area contributed by atoms with Crippen molar-refractivity contribution in [3.05, 3.63) is 30.1 Å². The molecule has 2 fully saturated rings. The van der Waals surface area contributed by atoms with E-state index in [2.05, 4.69) is 10.3 Å². The highest BCUT2D eigenvalue weighted by Gasteiger charge is 2.40. The molecule has 26 heavy (non-hydrogen) atoms. The first-order valence-corrected chi connectivity index (χ1v) is 8.64. The molecule has 0 aliphatic carbocycles. The van der Waals surface area contributed by atoms with Gasteiger partial charge in [0.05, 0.1) is 0 Å². The van der Waals surface area contributed by atoms with Gasteiger partial charge in [-0.1, -0.05) is 6.07 Å². The molecule has 1 aromatic heterocycles. The highest BCUT2D eigenvalue weighted by Crippen LogP contribution is 2.27. The lowest BCUT2D eigenvalue weighted by Gasteiger charge is -2.32. The van der Waals surface area contributed by atoms with Gasteiger partial charge in [-0.3, -0.25) is 9.78 Å². The summed E-state index contributed by atoms with van der Waals surface area (Å²) in [5.74, 6) is -0.330. The number of pyridine rings is 1. The molecule has 1 unspecified atom stereocenters. The van der Waals surface area contributed by atoms with Crippen molar-refractivity contribution in [1.82, 2.24) is 20.1 Å². The second-order valence-corrected chi connectivity index (χ2v) is 6.71. The number of carbonyl (C=O) groups is 2. The van der Waals surface area contributed by atoms with Gasteiger partial charge < -0.3 is 15.1 Å². The number of hydrogen-bond acceptors (Lipinski definition) is 3. The number of nitrogens with one attached hydrogen (secondary N) is 1. The third-order valence-corrected chi connectivity index (χ3v) is 4.90. The Bertz CT molecular complexity index is 645.